The highest BCUT2D eigenvalue weighted by atomic mass is 16.5. The lowest BCUT2D eigenvalue weighted by molar-refractivity contribution is -0.136. The van der Waals surface area contributed by atoms with Gasteiger partial charge in [-0.05, 0) is 29.7 Å². The molecule has 0 aliphatic carbocycles. The maximum atomic E-state index is 12.9. The Labute approximate surface area is 190 Å². The van der Waals surface area contributed by atoms with Crippen molar-refractivity contribution >= 4 is 17.7 Å². The third-order valence-electron chi connectivity index (χ3n) is 6.08. The van der Waals surface area contributed by atoms with Crippen molar-refractivity contribution in [1.29, 1.82) is 0 Å². The van der Waals surface area contributed by atoms with Crippen molar-refractivity contribution in [2.24, 2.45) is 0 Å². The minimum Gasteiger partial charge on any atom is -0.495 e. The monoisotopic (exact) mass is 442 g/mol. The van der Waals surface area contributed by atoms with Crippen molar-refractivity contribution in [3.63, 3.8) is 0 Å². The Kier molecular flexibility index (Phi) is 5.34. The Balaban J connectivity index is 1.40. The molecule has 3 heterocycles. The SMILES string of the molecule is COc1cc(-c2ccc3c(c2)CN(C2CCC(=O)NC2=O)C3=O)nnc1Cc1ccccc1. The van der Waals surface area contributed by atoms with E-state index in [0.717, 1.165) is 22.4 Å². The molecule has 1 saturated heterocycles. The number of piperidine rings is 1. The van der Waals surface area contributed by atoms with Crippen molar-refractivity contribution in [3.8, 4) is 17.0 Å². The molecule has 1 N–H and O–H groups in total. The number of aromatic nitrogens is 2. The zero-order valence-electron chi connectivity index (χ0n) is 18.1. The molecule has 3 aromatic rings. The Morgan fingerprint density at radius 1 is 1.06 bits per heavy atom. The van der Waals surface area contributed by atoms with Crippen LogP contribution in [0.4, 0.5) is 0 Å². The van der Waals surface area contributed by atoms with Gasteiger partial charge in [-0.1, -0.05) is 36.4 Å². The summed E-state index contributed by atoms with van der Waals surface area (Å²) in [6, 6.07) is 16.7. The molecular weight excluding hydrogens is 420 g/mol. The Morgan fingerprint density at radius 3 is 2.64 bits per heavy atom. The topological polar surface area (TPSA) is 101 Å². The van der Waals surface area contributed by atoms with E-state index < -0.39 is 11.9 Å². The molecule has 166 valence electrons. The van der Waals surface area contributed by atoms with E-state index in [-0.39, 0.29) is 18.2 Å². The van der Waals surface area contributed by atoms with Gasteiger partial charge in [0.2, 0.25) is 11.8 Å². The van der Waals surface area contributed by atoms with Gasteiger partial charge < -0.3 is 9.64 Å². The molecule has 1 unspecified atom stereocenters. The number of methoxy groups -OCH3 is 1. The molecule has 0 radical (unpaired) electrons. The Bertz CT molecular complexity index is 1260. The van der Waals surface area contributed by atoms with E-state index in [1.165, 1.54) is 4.90 Å². The maximum Gasteiger partial charge on any atom is 0.255 e. The molecule has 1 atom stereocenters. The van der Waals surface area contributed by atoms with Crippen LogP contribution in [0.1, 0.15) is 40.0 Å². The number of fused-ring (bicyclic) bond motifs is 1. The first-order valence-electron chi connectivity index (χ1n) is 10.8. The lowest BCUT2D eigenvalue weighted by Crippen LogP contribution is -2.52. The quantitative estimate of drug-likeness (QED) is 0.610. The third kappa shape index (κ3) is 3.95. The fourth-order valence-corrected chi connectivity index (χ4v) is 4.36. The van der Waals surface area contributed by atoms with Crippen LogP contribution in [0, 0.1) is 0 Å². The van der Waals surface area contributed by atoms with E-state index in [4.69, 9.17) is 4.74 Å². The number of imide groups is 1. The summed E-state index contributed by atoms with van der Waals surface area (Å²) in [6.07, 6.45) is 1.17. The molecule has 2 aliphatic rings. The second-order valence-corrected chi connectivity index (χ2v) is 8.18. The van der Waals surface area contributed by atoms with Gasteiger partial charge in [-0.15, -0.1) is 5.10 Å². The third-order valence-corrected chi connectivity index (χ3v) is 6.08. The molecule has 2 aliphatic heterocycles. The van der Waals surface area contributed by atoms with E-state index in [0.29, 0.717) is 36.4 Å². The molecule has 8 heteroatoms. The van der Waals surface area contributed by atoms with E-state index in [1.807, 2.05) is 48.5 Å². The van der Waals surface area contributed by atoms with E-state index in [2.05, 4.69) is 15.5 Å². The normalized spacial score (nSPS) is 17.7. The number of amides is 3. The number of hydrogen-bond donors (Lipinski definition) is 1. The van der Waals surface area contributed by atoms with E-state index in [1.54, 1.807) is 13.2 Å². The summed E-state index contributed by atoms with van der Waals surface area (Å²) < 4.78 is 5.57. The molecule has 1 aromatic heterocycles. The van der Waals surface area contributed by atoms with Gasteiger partial charge in [0.15, 0.2) is 0 Å². The first kappa shape index (κ1) is 20.8. The molecule has 2 aromatic carbocycles. The number of benzene rings is 2. The second-order valence-electron chi connectivity index (χ2n) is 8.18. The lowest BCUT2D eigenvalue weighted by Gasteiger charge is -2.29. The molecule has 5 rings (SSSR count). The van der Waals surface area contributed by atoms with Crippen LogP contribution in [0.25, 0.3) is 11.3 Å². The summed E-state index contributed by atoms with van der Waals surface area (Å²) in [6.45, 7) is 0.310. The van der Waals surface area contributed by atoms with Crippen molar-refractivity contribution in [1.82, 2.24) is 20.4 Å². The standard InChI is InChI=1S/C25H22N4O4/c1-33-22-13-19(27-28-20(22)11-15-5-3-2-4-6-15)16-7-8-18-17(12-16)14-29(25(18)32)21-9-10-23(30)26-24(21)31/h2-8,12-13,21H,9-11,14H2,1H3,(H,26,30,31). The minimum absolute atomic E-state index is 0.201. The first-order valence-corrected chi connectivity index (χ1v) is 10.8. The van der Waals surface area contributed by atoms with Crippen LogP contribution in [0.15, 0.2) is 54.6 Å². The van der Waals surface area contributed by atoms with Crippen LogP contribution in [0.3, 0.4) is 0 Å². The van der Waals surface area contributed by atoms with Gasteiger partial charge in [-0.3, -0.25) is 19.7 Å². The second kappa shape index (κ2) is 8.46. The van der Waals surface area contributed by atoms with Crippen molar-refractivity contribution in [2.45, 2.75) is 31.8 Å². The average molecular weight is 442 g/mol. The van der Waals surface area contributed by atoms with Crippen LogP contribution in [0.5, 0.6) is 5.75 Å². The van der Waals surface area contributed by atoms with Crippen LogP contribution in [-0.2, 0) is 22.6 Å². The molecule has 33 heavy (non-hydrogen) atoms. The highest BCUT2D eigenvalue weighted by molar-refractivity contribution is 6.05. The highest BCUT2D eigenvalue weighted by Crippen LogP contribution is 2.32. The van der Waals surface area contributed by atoms with E-state index >= 15 is 0 Å². The summed E-state index contributed by atoms with van der Waals surface area (Å²) in [7, 11) is 1.61. The summed E-state index contributed by atoms with van der Waals surface area (Å²) in [4.78, 5) is 38.1. The summed E-state index contributed by atoms with van der Waals surface area (Å²) in [5, 5.41) is 11.1. The number of carbonyl (C=O) groups is 3. The molecule has 1 fully saturated rings. The predicted molar refractivity (Wildman–Crippen MR) is 119 cm³/mol. The number of rotatable bonds is 5. The van der Waals surface area contributed by atoms with Crippen LogP contribution >= 0.6 is 0 Å². The summed E-state index contributed by atoms with van der Waals surface area (Å²) >= 11 is 0. The van der Waals surface area contributed by atoms with Gasteiger partial charge in [0, 0.05) is 36.6 Å². The molecular formula is C25H22N4O4. The van der Waals surface area contributed by atoms with E-state index in [9.17, 15) is 14.4 Å². The summed E-state index contributed by atoms with van der Waals surface area (Å²) in [5.74, 6) is -0.276. The van der Waals surface area contributed by atoms with Gasteiger partial charge in [-0.25, -0.2) is 0 Å². The number of hydrogen-bond acceptors (Lipinski definition) is 6. The Morgan fingerprint density at radius 2 is 1.88 bits per heavy atom. The van der Waals surface area contributed by atoms with Crippen LogP contribution in [-0.4, -0.2) is 46.0 Å². The van der Waals surface area contributed by atoms with Crippen molar-refractivity contribution in [2.75, 3.05) is 7.11 Å². The number of carbonyl (C=O) groups excluding carboxylic acids is 3. The highest BCUT2D eigenvalue weighted by Gasteiger charge is 2.39. The average Bonchev–Trinajstić information content (AvgIpc) is 3.15. The van der Waals surface area contributed by atoms with Gasteiger partial charge in [-0.2, -0.15) is 5.10 Å². The number of ether oxygens (including phenoxy) is 1. The smallest absolute Gasteiger partial charge is 0.255 e. The minimum atomic E-state index is -0.636. The fraction of sp³-hybridized carbons (Fsp3) is 0.240. The van der Waals surface area contributed by atoms with Crippen LogP contribution < -0.4 is 10.1 Å². The van der Waals surface area contributed by atoms with Crippen molar-refractivity contribution < 1.29 is 19.1 Å². The largest absolute Gasteiger partial charge is 0.495 e. The number of nitrogens with one attached hydrogen (secondary N) is 1. The molecule has 0 spiro atoms. The molecule has 3 amide bonds. The first-order chi connectivity index (χ1) is 16.0. The zero-order valence-corrected chi connectivity index (χ0v) is 18.1. The molecule has 0 bridgehead atoms. The van der Waals surface area contributed by atoms with Gasteiger partial charge in [0.05, 0.1) is 12.8 Å². The molecule has 8 nitrogen and oxygen atoms in total. The lowest BCUT2D eigenvalue weighted by atomic mass is 10.0. The maximum absolute atomic E-state index is 12.9. The van der Waals surface area contributed by atoms with Crippen LogP contribution in [0.2, 0.25) is 0 Å². The Hall–Kier alpha value is -4.07. The predicted octanol–water partition coefficient (Wildman–Crippen LogP) is 2.50. The van der Waals surface area contributed by atoms with Gasteiger partial charge in [0.25, 0.3) is 5.91 Å². The molecule has 0 saturated carbocycles. The van der Waals surface area contributed by atoms with Gasteiger partial charge >= 0.3 is 0 Å². The fourth-order valence-electron chi connectivity index (χ4n) is 4.36. The number of nitrogens with zero attached hydrogens (tertiary/aromatic N) is 3. The van der Waals surface area contributed by atoms with Crippen molar-refractivity contribution in [3.05, 3.63) is 77.0 Å². The zero-order chi connectivity index (χ0) is 22.9. The van der Waals surface area contributed by atoms with Gasteiger partial charge in [0.1, 0.15) is 17.5 Å². The summed E-state index contributed by atoms with van der Waals surface area (Å²) in [5.41, 5.74) is 4.68.